The third kappa shape index (κ3) is 4.81. The van der Waals surface area contributed by atoms with Gasteiger partial charge in [0.15, 0.2) is 0 Å². The van der Waals surface area contributed by atoms with E-state index in [-0.39, 0.29) is 22.4 Å². The van der Waals surface area contributed by atoms with E-state index in [0.717, 1.165) is 12.8 Å². The molecule has 1 amide bonds. The minimum atomic E-state index is -3.82. The summed E-state index contributed by atoms with van der Waals surface area (Å²) in [6.07, 6.45) is 3.78. The van der Waals surface area contributed by atoms with Crippen molar-refractivity contribution >= 4 is 27.5 Å². The largest absolute Gasteiger partial charge is 0.377 e. The number of hydrogen-bond donors (Lipinski definition) is 1. The number of ether oxygens (including phenoxy) is 1. The van der Waals surface area contributed by atoms with Crippen LogP contribution in [0.15, 0.2) is 42.6 Å². The predicted molar refractivity (Wildman–Crippen MR) is 99.5 cm³/mol. The number of carbonyl (C=O) groups excluding carboxylic acids is 1. The Labute approximate surface area is 157 Å². The number of carbonyl (C=O) groups is 1. The SMILES string of the molecule is O=C(NS(=O)(=O)CC1CCCCO1)c1cc(-c2ccccn2)ccc1Cl. The lowest BCUT2D eigenvalue weighted by atomic mass is 10.1. The van der Waals surface area contributed by atoms with Gasteiger partial charge < -0.3 is 4.74 Å². The maximum absolute atomic E-state index is 12.5. The van der Waals surface area contributed by atoms with E-state index in [1.165, 1.54) is 6.07 Å². The van der Waals surface area contributed by atoms with Crippen LogP contribution in [0.2, 0.25) is 5.02 Å². The molecule has 1 saturated heterocycles. The number of nitrogens with one attached hydrogen (secondary N) is 1. The molecule has 0 spiro atoms. The zero-order valence-corrected chi connectivity index (χ0v) is 15.6. The molecule has 8 heteroatoms. The fraction of sp³-hybridized carbons (Fsp3) is 0.333. The van der Waals surface area contributed by atoms with Gasteiger partial charge in [-0.05, 0) is 43.5 Å². The van der Waals surface area contributed by atoms with E-state index < -0.39 is 15.9 Å². The van der Waals surface area contributed by atoms with E-state index in [1.54, 1.807) is 30.5 Å². The minimum Gasteiger partial charge on any atom is -0.377 e. The molecule has 1 aromatic heterocycles. The lowest BCUT2D eigenvalue weighted by Gasteiger charge is -2.22. The fourth-order valence-corrected chi connectivity index (χ4v) is 4.25. The van der Waals surface area contributed by atoms with Crippen LogP contribution in [0, 0.1) is 0 Å². The van der Waals surface area contributed by atoms with Crippen molar-refractivity contribution in [3.8, 4) is 11.3 Å². The predicted octanol–water partition coefficient (Wildman–Crippen LogP) is 3.03. The zero-order valence-electron chi connectivity index (χ0n) is 14.0. The van der Waals surface area contributed by atoms with E-state index in [4.69, 9.17) is 16.3 Å². The minimum absolute atomic E-state index is 0.0861. The molecule has 1 aliphatic rings. The molecule has 1 fully saturated rings. The Morgan fingerprint density at radius 1 is 1.27 bits per heavy atom. The summed E-state index contributed by atoms with van der Waals surface area (Å²) in [6, 6.07) is 10.2. The van der Waals surface area contributed by atoms with Crippen molar-refractivity contribution < 1.29 is 17.9 Å². The van der Waals surface area contributed by atoms with Gasteiger partial charge in [0.25, 0.3) is 5.91 Å². The van der Waals surface area contributed by atoms with Crippen molar-refractivity contribution in [3.05, 3.63) is 53.2 Å². The molecular weight excluding hydrogens is 376 g/mol. The van der Waals surface area contributed by atoms with Gasteiger partial charge in [0, 0.05) is 18.4 Å². The smallest absolute Gasteiger partial charge is 0.266 e. The molecule has 1 aromatic carbocycles. The first kappa shape index (κ1) is 18.8. The highest BCUT2D eigenvalue weighted by Gasteiger charge is 2.25. The second kappa shape index (κ2) is 8.16. The Morgan fingerprint density at radius 3 is 2.81 bits per heavy atom. The normalized spacial score (nSPS) is 17.7. The van der Waals surface area contributed by atoms with Crippen LogP contribution in [0.5, 0.6) is 0 Å². The van der Waals surface area contributed by atoms with Gasteiger partial charge in [-0.25, -0.2) is 13.1 Å². The maximum atomic E-state index is 12.5. The summed E-state index contributed by atoms with van der Waals surface area (Å²) in [6.45, 7) is 0.548. The van der Waals surface area contributed by atoms with Crippen molar-refractivity contribution in [2.45, 2.75) is 25.4 Å². The number of rotatable bonds is 5. The summed E-state index contributed by atoms with van der Waals surface area (Å²) >= 11 is 6.10. The number of nitrogens with zero attached hydrogens (tertiary/aromatic N) is 1. The third-order valence-electron chi connectivity index (χ3n) is 4.10. The second-order valence-corrected chi connectivity index (χ2v) is 8.28. The molecule has 1 N–H and O–H groups in total. The Bertz CT molecular complexity index is 881. The van der Waals surface area contributed by atoms with Crippen LogP contribution >= 0.6 is 11.6 Å². The third-order valence-corrected chi connectivity index (χ3v) is 5.74. The topological polar surface area (TPSA) is 85.4 Å². The standard InChI is InChI=1S/C18H19ClN2O4S/c19-16-8-7-13(17-6-1-3-9-20-17)11-15(16)18(22)21-26(23,24)12-14-5-2-4-10-25-14/h1,3,6-9,11,14H,2,4-5,10,12H2,(H,21,22). The van der Waals surface area contributed by atoms with E-state index in [0.29, 0.717) is 24.3 Å². The molecule has 1 atom stereocenters. The van der Waals surface area contributed by atoms with Gasteiger partial charge in [-0.1, -0.05) is 23.7 Å². The average molecular weight is 395 g/mol. The lowest BCUT2D eigenvalue weighted by molar-refractivity contribution is 0.0304. The molecule has 1 unspecified atom stereocenters. The van der Waals surface area contributed by atoms with Crippen LogP contribution in [0.3, 0.4) is 0 Å². The quantitative estimate of drug-likeness (QED) is 0.842. The first-order valence-corrected chi connectivity index (χ1v) is 10.3. The Hall–Kier alpha value is -1.96. The molecule has 0 aliphatic carbocycles. The zero-order chi connectivity index (χ0) is 18.6. The van der Waals surface area contributed by atoms with E-state index in [2.05, 4.69) is 9.71 Å². The van der Waals surface area contributed by atoms with Crippen LogP contribution in [0.1, 0.15) is 29.6 Å². The van der Waals surface area contributed by atoms with Crippen molar-refractivity contribution in [1.82, 2.24) is 9.71 Å². The van der Waals surface area contributed by atoms with E-state index in [1.807, 2.05) is 6.07 Å². The van der Waals surface area contributed by atoms with Crippen LogP contribution in [-0.4, -0.2) is 37.8 Å². The van der Waals surface area contributed by atoms with Crippen molar-refractivity contribution in [2.75, 3.05) is 12.4 Å². The monoisotopic (exact) mass is 394 g/mol. The molecule has 3 rings (SSSR count). The van der Waals surface area contributed by atoms with Gasteiger partial charge >= 0.3 is 0 Å². The number of sulfonamides is 1. The number of aromatic nitrogens is 1. The summed E-state index contributed by atoms with van der Waals surface area (Å²) < 4.78 is 32.1. The summed E-state index contributed by atoms with van der Waals surface area (Å²) in [7, 11) is -3.82. The van der Waals surface area contributed by atoms with Crippen LogP contribution in [-0.2, 0) is 14.8 Å². The Morgan fingerprint density at radius 2 is 2.12 bits per heavy atom. The first-order valence-electron chi connectivity index (χ1n) is 8.32. The highest BCUT2D eigenvalue weighted by atomic mass is 35.5. The fourth-order valence-electron chi connectivity index (χ4n) is 2.81. The van der Waals surface area contributed by atoms with Gasteiger partial charge in [-0.15, -0.1) is 0 Å². The first-order chi connectivity index (χ1) is 12.4. The van der Waals surface area contributed by atoms with Gasteiger partial charge in [0.05, 0.1) is 28.1 Å². The van der Waals surface area contributed by atoms with Crippen molar-refractivity contribution in [2.24, 2.45) is 0 Å². The van der Waals surface area contributed by atoms with E-state index in [9.17, 15) is 13.2 Å². The number of hydrogen-bond acceptors (Lipinski definition) is 5. The Balaban J connectivity index is 1.76. The van der Waals surface area contributed by atoms with Crippen LogP contribution in [0.25, 0.3) is 11.3 Å². The summed E-state index contributed by atoms with van der Waals surface area (Å²) in [4.78, 5) is 16.7. The molecule has 6 nitrogen and oxygen atoms in total. The highest BCUT2D eigenvalue weighted by molar-refractivity contribution is 7.90. The van der Waals surface area contributed by atoms with Gasteiger partial charge in [0.2, 0.25) is 10.0 Å². The number of benzene rings is 1. The van der Waals surface area contributed by atoms with Gasteiger partial charge in [-0.2, -0.15) is 0 Å². The second-order valence-electron chi connectivity index (χ2n) is 6.11. The maximum Gasteiger partial charge on any atom is 0.266 e. The summed E-state index contributed by atoms with van der Waals surface area (Å²) in [5, 5.41) is 0.172. The summed E-state index contributed by atoms with van der Waals surface area (Å²) in [5.74, 6) is -1.00. The molecule has 1 aliphatic heterocycles. The summed E-state index contributed by atoms with van der Waals surface area (Å²) in [5.41, 5.74) is 1.42. The van der Waals surface area contributed by atoms with Crippen LogP contribution in [0.4, 0.5) is 0 Å². The van der Waals surface area contributed by atoms with Crippen molar-refractivity contribution in [3.63, 3.8) is 0 Å². The van der Waals surface area contributed by atoms with E-state index >= 15 is 0 Å². The molecule has 0 radical (unpaired) electrons. The molecule has 0 bridgehead atoms. The molecule has 2 heterocycles. The average Bonchev–Trinajstić information content (AvgIpc) is 2.62. The highest BCUT2D eigenvalue weighted by Crippen LogP contribution is 2.24. The lowest BCUT2D eigenvalue weighted by Crippen LogP contribution is -2.38. The molecule has 2 aromatic rings. The molecule has 0 saturated carbocycles. The molecular formula is C18H19ClN2O4S. The number of pyridine rings is 1. The number of amides is 1. The molecule has 26 heavy (non-hydrogen) atoms. The van der Waals surface area contributed by atoms with Crippen LogP contribution < -0.4 is 4.72 Å². The Kier molecular flexibility index (Phi) is 5.90. The molecule has 138 valence electrons. The van der Waals surface area contributed by atoms with Gasteiger partial charge in [0.1, 0.15) is 0 Å². The van der Waals surface area contributed by atoms with Crippen molar-refractivity contribution in [1.29, 1.82) is 0 Å². The van der Waals surface area contributed by atoms with Gasteiger partial charge in [-0.3, -0.25) is 9.78 Å². The number of halogens is 1.